The quantitative estimate of drug-likeness (QED) is 0.843. The highest BCUT2D eigenvalue weighted by Gasteiger charge is 2.05. The Balaban J connectivity index is 2.27. The van der Waals surface area contributed by atoms with Crippen molar-refractivity contribution in [3.8, 4) is 0 Å². The van der Waals surface area contributed by atoms with Crippen LogP contribution < -0.4 is 5.73 Å². The summed E-state index contributed by atoms with van der Waals surface area (Å²) in [4.78, 5) is 5.18. The van der Waals surface area contributed by atoms with E-state index in [4.69, 9.17) is 17.3 Å². The molecule has 1 aromatic heterocycles. The molecular formula is C11H8BrClN2S. The van der Waals surface area contributed by atoms with E-state index in [1.54, 1.807) is 12.3 Å². The van der Waals surface area contributed by atoms with Gasteiger partial charge in [-0.2, -0.15) is 0 Å². The van der Waals surface area contributed by atoms with Crippen molar-refractivity contribution >= 4 is 45.0 Å². The van der Waals surface area contributed by atoms with Crippen molar-refractivity contribution in [2.75, 3.05) is 5.73 Å². The van der Waals surface area contributed by atoms with Crippen molar-refractivity contribution in [3.05, 3.63) is 46.0 Å². The summed E-state index contributed by atoms with van der Waals surface area (Å²) >= 11 is 10.8. The number of hydrogen-bond acceptors (Lipinski definition) is 3. The predicted octanol–water partition coefficient (Wildman–Crippen LogP) is 4.23. The molecule has 0 aliphatic rings. The fourth-order valence-electron chi connectivity index (χ4n) is 1.14. The Kier molecular flexibility index (Phi) is 3.74. The lowest BCUT2D eigenvalue weighted by molar-refractivity contribution is 1.12. The van der Waals surface area contributed by atoms with Crippen molar-refractivity contribution in [2.24, 2.45) is 0 Å². The molecule has 0 unspecified atom stereocenters. The Morgan fingerprint density at radius 1 is 1.25 bits per heavy atom. The normalized spacial score (nSPS) is 10.4. The molecule has 0 saturated heterocycles. The molecule has 2 nitrogen and oxygen atoms in total. The molecule has 0 radical (unpaired) electrons. The standard InChI is InChI=1S/C11H8BrClN2S/c12-7-4-5-10(15-6-7)16-9-3-1-2-8(13)11(9)14/h1-6H,14H2. The number of nitrogens with two attached hydrogens (primary N) is 1. The first-order valence-corrected chi connectivity index (χ1v) is 6.49. The molecule has 0 spiro atoms. The first-order chi connectivity index (χ1) is 7.66. The first-order valence-electron chi connectivity index (χ1n) is 4.50. The number of hydrogen-bond donors (Lipinski definition) is 1. The molecule has 0 amide bonds. The minimum atomic E-state index is 0.571. The van der Waals surface area contributed by atoms with Gasteiger partial charge in [0.15, 0.2) is 0 Å². The molecule has 16 heavy (non-hydrogen) atoms. The highest BCUT2D eigenvalue weighted by molar-refractivity contribution is 9.10. The van der Waals surface area contributed by atoms with Crippen LogP contribution in [0, 0.1) is 0 Å². The highest BCUT2D eigenvalue weighted by Crippen LogP contribution is 2.34. The van der Waals surface area contributed by atoms with Gasteiger partial charge in [-0.15, -0.1) is 0 Å². The molecule has 0 bridgehead atoms. The molecule has 82 valence electrons. The van der Waals surface area contributed by atoms with Crippen LogP contribution in [-0.4, -0.2) is 4.98 Å². The van der Waals surface area contributed by atoms with Gasteiger partial charge in [-0.3, -0.25) is 0 Å². The largest absolute Gasteiger partial charge is 0.397 e. The van der Waals surface area contributed by atoms with Crippen molar-refractivity contribution in [1.29, 1.82) is 0 Å². The van der Waals surface area contributed by atoms with Crippen molar-refractivity contribution in [3.63, 3.8) is 0 Å². The van der Waals surface area contributed by atoms with Gasteiger partial charge in [0, 0.05) is 15.6 Å². The minimum absolute atomic E-state index is 0.571. The lowest BCUT2D eigenvalue weighted by atomic mass is 10.3. The number of rotatable bonds is 2. The van der Waals surface area contributed by atoms with E-state index in [1.165, 1.54) is 11.8 Å². The number of aromatic nitrogens is 1. The van der Waals surface area contributed by atoms with E-state index in [1.807, 2.05) is 24.3 Å². The maximum atomic E-state index is 5.94. The molecule has 2 rings (SSSR count). The summed E-state index contributed by atoms with van der Waals surface area (Å²) in [7, 11) is 0. The molecule has 5 heteroatoms. The second-order valence-electron chi connectivity index (χ2n) is 3.07. The van der Waals surface area contributed by atoms with Crippen LogP contribution in [0.25, 0.3) is 0 Å². The average molecular weight is 316 g/mol. The second-order valence-corrected chi connectivity index (χ2v) is 5.45. The van der Waals surface area contributed by atoms with Gasteiger partial charge in [-0.05, 0) is 40.2 Å². The van der Waals surface area contributed by atoms with Crippen LogP contribution in [0.3, 0.4) is 0 Å². The lowest BCUT2D eigenvalue weighted by Gasteiger charge is -2.05. The van der Waals surface area contributed by atoms with E-state index in [9.17, 15) is 0 Å². The van der Waals surface area contributed by atoms with E-state index in [2.05, 4.69) is 20.9 Å². The SMILES string of the molecule is Nc1c(Cl)cccc1Sc1ccc(Br)cn1. The monoisotopic (exact) mass is 314 g/mol. The van der Waals surface area contributed by atoms with Gasteiger partial charge in [0.2, 0.25) is 0 Å². The van der Waals surface area contributed by atoms with Gasteiger partial charge < -0.3 is 5.73 Å². The van der Waals surface area contributed by atoms with E-state index >= 15 is 0 Å². The van der Waals surface area contributed by atoms with Crippen molar-refractivity contribution < 1.29 is 0 Å². The Hall–Kier alpha value is -0.710. The lowest BCUT2D eigenvalue weighted by Crippen LogP contribution is -1.89. The van der Waals surface area contributed by atoms with Crippen LogP contribution in [0.1, 0.15) is 0 Å². The van der Waals surface area contributed by atoms with Crippen LogP contribution in [0.5, 0.6) is 0 Å². The molecule has 2 N–H and O–H groups in total. The van der Waals surface area contributed by atoms with Crippen LogP contribution in [0.2, 0.25) is 5.02 Å². The zero-order valence-corrected chi connectivity index (χ0v) is 11.3. The molecule has 1 aromatic carbocycles. The smallest absolute Gasteiger partial charge is 0.101 e. The zero-order chi connectivity index (χ0) is 11.5. The molecule has 0 aliphatic heterocycles. The van der Waals surface area contributed by atoms with E-state index in [0.29, 0.717) is 10.7 Å². The number of nitrogen functional groups attached to an aromatic ring is 1. The molecule has 1 heterocycles. The third-order valence-corrected chi connectivity index (χ3v) is 3.75. The summed E-state index contributed by atoms with van der Waals surface area (Å²) < 4.78 is 0.955. The number of pyridine rings is 1. The summed E-state index contributed by atoms with van der Waals surface area (Å²) in [6.07, 6.45) is 1.75. The summed E-state index contributed by atoms with van der Waals surface area (Å²) in [5.74, 6) is 0. The Morgan fingerprint density at radius 3 is 2.75 bits per heavy atom. The molecule has 2 aromatic rings. The van der Waals surface area contributed by atoms with Gasteiger partial charge in [0.05, 0.1) is 10.7 Å². The number of benzene rings is 1. The summed E-state index contributed by atoms with van der Waals surface area (Å²) in [5.41, 5.74) is 6.47. The Bertz CT molecular complexity index is 502. The summed E-state index contributed by atoms with van der Waals surface area (Å²) in [5, 5.41) is 1.46. The maximum absolute atomic E-state index is 5.94. The highest BCUT2D eigenvalue weighted by atomic mass is 79.9. The van der Waals surface area contributed by atoms with Crippen molar-refractivity contribution in [2.45, 2.75) is 9.92 Å². The van der Waals surface area contributed by atoms with Crippen LogP contribution in [0.4, 0.5) is 5.69 Å². The van der Waals surface area contributed by atoms with Gasteiger partial charge in [-0.25, -0.2) is 4.98 Å². The van der Waals surface area contributed by atoms with E-state index in [-0.39, 0.29) is 0 Å². The number of nitrogens with zero attached hydrogens (tertiary/aromatic N) is 1. The minimum Gasteiger partial charge on any atom is -0.397 e. The zero-order valence-electron chi connectivity index (χ0n) is 8.15. The topological polar surface area (TPSA) is 38.9 Å². The number of para-hydroxylation sites is 1. The second kappa shape index (κ2) is 5.08. The number of anilines is 1. The fraction of sp³-hybridized carbons (Fsp3) is 0. The maximum Gasteiger partial charge on any atom is 0.101 e. The molecule has 0 saturated carbocycles. The predicted molar refractivity (Wildman–Crippen MR) is 71.9 cm³/mol. The van der Waals surface area contributed by atoms with Gasteiger partial charge in [0.1, 0.15) is 5.03 Å². The molecular weight excluding hydrogens is 308 g/mol. The van der Waals surface area contributed by atoms with Gasteiger partial charge in [-0.1, -0.05) is 29.4 Å². The van der Waals surface area contributed by atoms with Gasteiger partial charge in [0.25, 0.3) is 0 Å². The first kappa shape index (κ1) is 11.8. The third-order valence-electron chi connectivity index (χ3n) is 1.93. The molecule has 0 fully saturated rings. The third kappa shape index (κ3) is 2.70. The van der Waals surface area contributed by atoms with Gasteiger partial charge >= 0.3 is 0 Å². The molecule has 0 aliphatic carbocycles. The summed E-state index contributed by atoms with van der Waals surface area (Å²) in [6, 6.07) is 9.44. The van der Waals surface area contributed by atoms with Crippen LogP contribution >= 0.6 is 39.3 Å². The van der Waals surface area contributed by atoms with E-state index < -0.39 is 0 Å². The average Bonchev–Trinajstić information content (AvgIpc) is 2.28. The Morgan fingerprint density at radius 2 is 2.06 bits per heavy atom. The molecule has 0 atom stereocenters. The van der Waals surface area contributed by atoms with Crippen LogP contribution in [-0.2, 0) is 0 Å². The Labute approximate surface area is 111 Å². The summed E-state index contributed by atoms with van der Waals surface area (Å²) in [6.45, 7) is 0. The number of halogens is 2. The van der Waals surface area contributed by atoms with E-state index in [0.717, 1.165) is 14.4 Å². The fourth-order valence-corrected chi connectivity index (χ4v) is 2.44. The van der Waals surface area contributed by atoms with Crippen molar-refractivity contribution in [1.82, 2.24) is 4.98 Å². The van der Waals surface area contributed by atoms with Crippen LogP contribution in [0.15, 0.2) is 50.9 Å².